The first-order valence-electron chi connectivity index (χ1n) is 6.83. The van der Waals surface area contributed by atoms with Crippen LogP contribution < -0.4 is 5.32 Å². The highest BCUT2D eigenvalue weighted by Crippen LogP contribution is 2.30. The van der Waals surface area contributed by atoms with Gasteiger partial charge in [-0.25, -0.2) is 0 Å². The molecule has 19 heavy (non-hydrogen) atoms. The maximum absolute atomic E-state index is 12.5. The maximum atomic E-state index is 12.5. The molecule has 3 rings (SSSR count). The van der Waals surface area contributed by atoms with Gasteiger partial charge in [0.15, 0.2) is 0 Å². The Kier molecular flexibility index (Phi) is 3.08. The lowest BCUT2D eigenvalue weighted by Gasteiger charge is -2.18. The molecule has 1 aliphatic rings. The third-order valence-corrected chi connectivity index (χ3v) is 3.57. The van der Waals surface area contributed by atoms with Gasteiger partial charge in [-0.15, -0.1) is 0 Å². The fourth-order valence-electron chi connectivity index (χ4n) is 2.58. The van der Waals surface area contributed by atoms with Gasteiger partial charge in [0.1, 0.15) is 0 Å². The van der Waals surface area contributed by atoms with Crippen molar-refractivity contribution in [3.63, 3.8) is 0 Å². The zero-order chi connectivity index (χ0) is 13.2. The summed E-state index contributed by atoms with van der Waals surface area (Å²) in [4.78, 5) is 12.5. The van der Waals surface area contributed by atoms with Crippen LogP contribution >= 0.6 is 0 Å². The van der Waals surface area contributed by atoms with Crippen LogP contribution in [0.2, 0.25) is 0 Å². The Bertz CT molecular complexity index is 665. The van der Waals surface area contributed by atoms with Crippen LogP contribution in [0.1, 0.15) is 35.7 Å². The van der Waals surface area contributed by atoms with Crippen molar-refractivity contribution in [1.29, 1.82) is 0 Å². The van der Waals surface area contributed by atoms with E-state index in [0.29, 0.717) is 0 Å². The first-order chi connectivity index (χ1) is 9.31. The van der Waals surface area contributed by atoms with Crippen LogP contribution in [0.5, 0.6) is 0 Å². The average molecular weight is 251 g/mol. The molecule has 0 aromatic heterocycles. The summed E-state index contributed by atoms with van der Waals surface area (Å²) in [5.41, 5.74) is 2.67. The molecule has 0 amide bonds. The van der Waals surface area contributed by atoms with Gasteiger partial charge in [-0.2, -0.15) is 0 Å². The summed E-state index contributed by atoms with van der Waals surface area (Å²) in [6.07, 6.45) is 4.18. The van der Waals surface area contributed by atoms with Gasteiger partial charge in [-0.1, -0.05) is 49.7 Å². The standard InChI is InChI=1S/C17H17NO/c1-2-3-10-18-15-11-13-8-4-6-12-7-5-9-14(16(12)13)17(15)19/h4-9,11,18H,2-3,10H2,1H3. The van der Waals surface area contributed by atoms with Crippen LogP contribution in [-0.2, 0) is 0 Å². The van der Waals surface area contributed by atoms with Crippen LogP contribution in [0.3, 0.4) is 0 Å². The summed E-state index contributed by atoms with van der Waals surface area (Å²) < 4.78 is 0. The minimum atomic E-state index is 0.111. The Morgan fingerprint density at radius 2 is 1.89 bits per heavy atom. The van der Waals surface area contributed by atoms with Crippen molar-refractivity contribution in [1.82, 2.24) is 5.32 Å². The largest absolute Gasteiger partial charge is 0.382 e. The molecule has 0 radical (unpaired) electrons. The van der Waals surface area contributed by atoms with E-state index in [9.17, 15) is 4.79 Å². The Morgan fingerprint density at radius 1 is 1.11 bits per heavy atom. The van der Waals surface area contributed by atoms with Gasteiger partial charge in [-0.05, 0) is 23.4 Å². The van der Waals surface area contributed by atoms with Crippen molar-refractivity contribution in [2.45, 2.75) is 19.8 Å². The Morgan fingerprint density at radius 3 is 2.68 bits per heavy atom. The highest BCUT2D eigenvalue weighted by Gasteiger charge is 2.20. The predicted octanol–water partition coefficient (Wildman–Crippen LogP) is 3.77. The lowest BCUT2D eigenvalue weighted by atomic mass is 9.90. The molecule has 0 fully saturated rings. The van der Waals surface area contributed by atoms with Crippen LogP contribution in [0.4, 0.5) is 0 Å². The third-order valence-electron chi connectivity index (χ3n) is 3.57. The van der Waals surface area contributed by atoms with Crippen molar-refractivity contribution in [3.05, 3.63) is 53.2 Å². The van der Waals surface area contributed by atoms with Gasteiger partial charge in [0.05, 0.1) is 5.70 Å². The van der Waals surface area contributed by atoms with E-state index in [2.05, 4.69) is 30.4 Å². The minimum Gasteiger partial charge on any atom is -0.382 e. The van der Waals surface area contributed by atoms with Crippen molar-refractivity contribution < 1.29 is 4.79 Å². The van der Waals surface area contributed by atoms with E-state index in [4.69, 9.17) is 0 Å². The van der Waals surface area contributed by atoms with Crippen LogP contribution in [-0.4, -0.2) is 12.3 Å². The smallest absolute Gasteiger partial charge is 0.209 e. The van der Waals surface area contributed by atoms with Gasteiger partial charge >= 0.3 is 0 Å². The molecule has 0 heterocycles. The molecule has 2 aromatic rings. The summed E-state index contributed by atoms with van der Waals surface area (Å²) in [6, 6.07) is 12.1. The third kappa shape index (κ3) is 2.03. The summed E-state index contributed by atoms with van der Waals surface area (Å²) in [5, 5.41) is 5.48. The van der Waals surface area contributed by atoms with Crippen LogP contribution in [0.15, 0.2) is 42.1 Å². The van der Waals surface area contributed by atoms with Gasteiger partial charge < -0.3 is 5.32 Å². The number of hydrogen-bond donors (Lipinski definition) is 1. The van der Waals surface area contributed by atoms with Crippen molar-refractivity contribution in [2.75, 3.05) is 6.54 Å². The molecule has 0 bridgehead atoms. The molecule has 0 saturated heterocycles. The molecule has 1 aliphatic carbocycles. The molecule has 2 heteroatoms. The highest BCUT2D eigenvalue weighted by atomic mass is 16.1. The quantitative estimate of drug-likeness (QED) is 0.838. The van der Waals surface area contributed by atoms with Crippen molar-refractivity contribution >= 4 is 22.6 Å². The number of ketones is 1. The number of nitrogens with one attached hydrogen (secondary N) is 1. The maximum Gasteiger partial charge on any atom is 0.209 e. The average Bonchev–Trinajstić information content (AvgIpc) is 2.44. The van der Waals surface area contributed by atoms with Gasteiger partial charge in [0, 0.05) is 17.5 Å². The second kappa shape index (κ2) is 4.88. The lowest BCUT2D eigenvalue weighted by Crippen LogP contribution is -2.23. The van der Waals surface area contributed by atoms with E-state index in [-0.39, 0.29) is 5.78 Å². The Hall–Kier alpha value is -2.09. The van der Waals surface area contributed by atoms with Crippen molar-refractivity contribution in [3.8, 4) is 0 Å². The number of unbranched alkanes of at least 4 members (excludes halogenated alkanes) is 1. The minimum absolute atomic E-state index is 0.111. The Balaban J connectivity index is 2.06. The molecule has 2 nitrogen and oxygen atoms in total. The highest BCUT2D eigenvalue weighted by molar-refractivity contribution is 6.22. The molecule has 2 aromatic carbocycles. The monoisotopic (exact) mass is 251 g/mol. The van der Waals surface area contributed by atoms with Crippen LogP contribution in [0, 0.1) is 0 Å². The topological polar surface area (TPSA) is 29.1 Å². The second-order valence-corrected chi connectivity index (χ2v) is 4.92. The molecule has 0 aliphatic heterocycles. The summed E-state index contributed by atoms with van der Waals surface area (Å²) in [6.45, 7) is 3.00. The predicted molar refractivity (Wildman–Crippen MR) is 79.2 cm³/mol. The molecule has 0 unspecified atom stereocenters. The number of rotatable bonds is 4. The van der Waals surface area contributed by atoms with Gasteiger partial charge in [-0.3, -0.25) is 4.79 Å². The van der Waals surface area contributed by atoms with E-state index in [1.807, 2.05) is 24.3 Å². The fraction of sp³-hybridized carbons (Fsp3) is 0.235. The fourth-order valence-corrected chi connectivity index (χ4v) is 2.58. The van der Waals surface area contributed by atoms with Gasteiger partial charge in [0.25, 0.3) is 0 Å². The number of benzene rings is 2. The van der Waals surface area contributed by atoms with E-state index >= 15 is 0 Å². The normalized spacial score (nSPS) is 13.5. The molecular formula is C17H17NO. The summed E-state index contributed by atoms with van der Waals surface area (Å²) in [5.74, 6) is 0.111. The number of hydrogen-bond acceptors (Lipinski definition) is 2. The first-order valence-corrected chi connectivity index (χ1v) is 6.83. The summed E-state index contributed by atoms with van der Waals surface area (Å²) in [7, 11) is 0. The number of carbonyl (C=O) groups excluding carboxylic acids is 1. The first kappa shape index (κ1) is 12.0. The Labute approximate surface area is 113 Å². The number of Topliss-reactive ketones (excluding diaryl/α,β-unsaturated/α-hetero) is 1. The van der Waals surface area contributed by atoms with E-state index in [1.54, 1.807) is 0 Å². The van der Waals surface area contributed by atoms with Crippen LogP contribution in [0.25, 0.3) is 16.8 Å². The molecule has 0 atom stereocenters. The van der Waals surface area contributed by atoms with Crippen molar-refractivity contribution in [2.24, 2.45) is 0 Å². The second-order valence-electron chi connectivity index (χ2n) is 4.92. The number of allylic oxidation sites excluding steroid dienone is 1. The zero-order valence-corrected chi connectivity index (χ0v) is 11.1. The molecule has 0 spiro atoms. The zero-order valence-electron chi connectivity index (χ0n) is 11.1. The molecular weight excluding hydrogens is 234 g/mol. The van der Waals surface area contributed by atoms with E-state index in [0.717, 1.165) is 47.0 Å². The van der Waals surface area contributed by atoms with Gasteiger partial charge in [0.2, 0.25) is 5.78 Å². The molecule has 1 N–H and O–H groups in total. The lowest BCUT2D eigenvalue weighted by molar-refractivity contribution is 0.102. The van der Waals surface area contributed by atoms with E-state index in [1.165, 1.54) is 0 Å². The molecule has 0 saturated carbocycles. The summed E-state index contributed by atoms with van der Waals surface area (Å²) >= 11 is 0. The number of carbonyl (C=O) groups is 1. The molecule has 96 valence electrons. The van der Waals surface area contributed by atoms with E-state index < -0.39 is 0 Å². The SMILES string of the molecule is CCCCNC1=Cc2cccc3cccc(c23)C1=O.